The second-order valence-corrected chi connectivity index (χ2v) is 7.12. The number of nitrogen functional groups attached to an aromatic ring is 1. The average Bonchev–Trinajstić information content (AvgIpc) is 3.00. The lowest BCUT2D eigenvalue weighted by atomic mass is 10.1. The number of alkyl carbamates (subject to hydrolysis) is 1. The van der Waals surface area contributed by atoms with E-state index < -0.39 is 36.0 Å². The van der Waals surface area contributed by atoms with Crippen LogP contribution in [0.5, 0.6) is 0 Å². The molecule has 4 atom stereocenters. The van der Waals surface area contributed by atoms with Gasteiger partial charge < -0.3 is 30.6 Å². The minimum absolute atomic E-state index is 0.172. The largest absolute Gasteiger partial charge is 0.444 e. The van der Waals surface area contributed by atoms with E-state index >= 15 is 0 Å². The van der Waals surface area contributed by atoms with E-state index in [9.17, 15) is 15.0 Å². The van der Waals surface area contributed by atoms with Crippen LogP contribution in [0.15, 0.2) is 12.7 Å². The third kappa shape index (κ3) is 3.35. The number of fused-ring (bicyclic) bond motifs is 1. The number of anilines is 1. The standard InChI is InChI=1S/C15H22N6O4/c1-15(2,3)25-14(24)20-7-4-8(22)10(11(7)23)21-6-19-9-12(16)17-5-18-13(9)21/h5-8,10-11,22-23H,4H2,1-3H3,(H,20,24)(H2,16,17,18)/t7-,8+,10-,11-/m1/s1. The second-order valence-electron chi connectivity index (χ2n) is 7.12. The zero-order valence-electron chi connectivity index (χ0n) is 14.2. The molecule has 1 amide bonds. The molecule has 0 aliphatic heterocycles. The number of amides is 1. The minimum atomic E-state index is -1.05. The molecule has 25 heavy (non-hydrogen) atoms. The zero-order chi connectivity index (χ0) is 18.4. The molecule has 0 bridgehead atoms. The number of carbonyl (C=O) groups excluding carboxylic acids is 1. The summed E-state index contributed by atoms with van der Waals surface area (Å²) < 4.78 is 6.75. The quantitative estimate of drug-likeness (QED) is 0.590. The van der Waals surface area contributed by atoms with Crippen LogP contribution >= 0.6 is 0 Å². The van der Waals surface area contributed by atoms with Gasteiger partial charge in [0.1, 0.15) is 17.4 Å². The van der Waals surface area contributed by atoms with Gasteiger partial charge in [-0.3, -0.25) is 0 Å². The van der Waals surface area contributed by atoms with Crippen molar-refractivity contribution in [3.63, 3.8) is 0 Å². The molecule has 1 aliphatic rings. The predicted octanol–water partition coefficient (Wildman–Crippen LogP) is -0.0316. The topological polar surface area (TPSA) is 148 Å². The van der Waals surface area contributed by atoms with Crippen LogP contribution in [0.2, 0.25) is 0 Å². The van der Waals surface area contributed by atoms with Gasteiger partial charge in [-0.1, -0.05) is 0 Å². The summed E-state index contributed by atoms with van der Waals surface area (Å²) in [5.74, 6) is 0.217. The first-order valence-corrected chi connectivity index (χ1v) is 7.96. The Balaban J connectivity index is 1.81. The van der Waals surface area contributed by atoms with Gasteiger partial charge in [0.05, 0.1) is 30.6 Å². The van der Waals surface area contributed by atoms with Crippen molar-refractivity contribution in [2.75, 3.05) is 5.73 Å². The molecule has 0 unspecified atom stereocenters. The Morgan fingerprint density at radius 3 is 2.76 bits per heavy atom. The molecule has 0 saturated heterocycles. The van der Waals surface area contributed by atoms with Crippen molar-refractivity contribution in [3.8, 4) is 0 Å². The SMILES string of the molecule is CC(C)(C)OC(=O)N[C@@H]1C[C@H](O)[C@@H](n2cnc3c(N)ncnc32)[C@@H]1O. The molecule has 3 rings (SSSR count). The summed E-state index contributed by atoms with van der Waals surface area (Å²) in [5.41, 5.74) is 5.92. The van der Waals surface area contributed by atoms with E-state index in [1.165, 1.54) is 12.7 Å². The number of hydrogen-bond donors (Lipinski definition) is 4. The first-order valence-electron chi connectivity index (χ1n) is 7.96. The van der Waals surface area contributed by atoms with E-state index in [0.29, 0.717) is 11.2 Å². The van der Waals surface area contributed by atoms with Gasteiger partial charge in [0.15, 0.2) is 11.5 Å². The van der Waals surface area contributed by atoms with Gasteiger partial charge in [-0.2, -0.15) is 0 Å². The first-order chi connectivity index (χ1) is 11.7. The molecule has 0 radical (unpaired) electrons. The molecule has 1 fully saturated rings. The average molecular weight is 350 g/mol. The van der Waals surface area contributed by atoms with Gasteiger partial charge in [-0.15, -0.1) is 0 Å². The summed E-state index contributed by atoms with van der Waals surface area (Å²) in [6, 6.07) is -1.38. The van der Waals surface area contributed by atoms with Crippen molar-refractivity contribution in [3.05, 3.63) is 12.7 Å². The number of ether oxygens (including phenoxy) is 1. The van der Waals surface area contributed by atoms with Crippen LogP contribution in [0.25, 0.3) is 11.2 Å². The Labute approximate surface area is 144 Å². The third-order valence-electron chi connectivity index (χ3n) is 4.06. The number of hydrogen-bond acceptors (Lipinski definition) is 8. The van der Waals surface area contributed by atoms with Crippen molar-refractivity contribution in [1.82, 2.24) is 24.8 Å². The molecule has 0 spiro atoms. The Bertz CT molecular complexity index is 786. The fourth-order valence-corrected chi connectivity index (χ4v) is 3.05. The maximum absolute atomic E-state index is 11.9. The van der Waals surface area contributed by atoms with Crippen LogP contribution in [0.1, 0.15) is 33.2 Å². The molecule has 5 N–H and O–H groups in total. The summed E-state index contributed by atoms with van der Waals surface area (Å²) in [5, 5.41) is 23.6. The lowest BCUT2D eigenvalue weighted by Crippen LogP contribution is -2.44. The van der Waals surface area contributed by atoms with E-state index in [0.717, 1.165) is 0 Å². The van der Waals surface area contributed by atoms with Gasteiger partial charge in [0.2, 0.25) is 0 Å². The number of rotatable bonds is 2. The normalized spacial score (nSPS) is 26.8. The van der Waals surface area contributed by atoms with Gasteiger partial charge in [-0.05, 0) is 27.2 Å². The summed E-state index contributed by atoms with van der Waals surface area (Å²) in [4.78, 5) is 24.1. The first kappa shape index (κ1) is 17.4. The minimum Gasteiger partial charge on any atom is -0.444 e. The fraction of sp³-hybridized carbons (Fsp3) is 0.600. The summed E-state index contributed by atoms with van der Waals surface area (Å²) in [6.07, 6.45) is 0.319. The highest BCUT2D eigenvalue weighted by Crippen LogP contribution is 2.33. The molecule has 0 aromatic carbocycles. The Kier molecular flexibility index (Phi) is 4.25. The molecular weight excluding hydrogens is 328 g/mol. The number of nitrogens with one attached hydrogen (secondary N) is 1. The Hall–Kier alpha value is -2.46. The van der Waals surface area contributed by atoms with Crippen molar-refractivity contribution in [2.24, 2.45) is 0 Å². The van der Waals surface area contributed by atoms with E-state index in [2.05, 4.69) is 20.3 Å². The molecule has 2 heterocycles. The highest BCUT2D eigenvalue weighted by molar-refractivity contribution is 5.81. The lowest BCUT2D eigenvalue weighted by Gasteiger charge is -2.24. The molecular formula is C15H22N6O4. The summed E-state index contributed by atoms with van der Waals surface area (Å²) in [6.45, 7) is 5.24. The van der Waals surface area contributed by atoms with Crippen LogP contribution in [0.3, 0.4) is 0 Å². The number of carbonyl (C=O) groups is 1. The number of imidazole rings is 1. The van der Waals surface area contributed by atoms with Crippen molar-refractivity contribution in [2.45, 2.75) is 57.1 Å². The van der Waals surface area contributed by atoms with E-state index in [1.54, 1.807) is 25.3 Å². The van der Waals surface area contributed by atoms with Crippen LogP contribution in [0, 0.1) is 0 Å². The van der Waals surface area contributed by atoms with E-state index in [1.807, 2.05) is 0 Å². The highest BCUT2D eigenvalue weighted by atomic mass is 16.6. The number of nitrogens with zero attached hydrogens (tertiary/aromatic N) is 4. The lowest BCUT2D eigenvalue weighted by molar-refractivity contribution is 0.0402. The number of aliphatic hydroxyl groups is 2. The number of aromatic nitrogens is 4. The van der Waals surface area contributed by atoms with Gasteiger partial charge in [0, 0.05) is 0 Å². The van der Waals surface area contributed by atoms with Crippen molar-refractivity contribution >= 4 is 23.1 Å². The molecule has 1 aliphatic carbocycles. The van der Waals surface area contributed by atoms with Gasteiger partial charge in [0.25, 0.3) is 0 Å². The third-order valence-corrected chi connectivity index (χ3v) is 4.06. The van der Waals surface area contributed by atoms with Gasteiger partial charge in [-0.25, -0.2) is 19.7 Å². The van der Waals surface area contributed by atoms with E-state index in [4.69, 9.17) is 10.5 Å². The monoisotopic (exact) mass is 350 g/mol. The molecule has 2 aromatic rings. The highest BCUT2D eigenvalue weighted by Gasteiger charge is 2.44. The van der Waals surface area contributed by atoms with Gasteiger partial charge >= 0.3 is 6.09 Å². The smallest absolute Gasteiger partial charge is 0.407 e. The molecule has 1 saturated carbocycles. The zero-order valence-corrected chi connectivity index (χ0v) is 14.2. The Morgan fingerprint density at radius 1 is 1.36 bits per heavy atom. The fourth-order valence-electron chi connectivity index (χ4n) is 3.05. The maximum Gasteiger partial charge on any atom is 0.407 e. The molecule has 2 aromatic heterocycles. The summed E-state index contributed by atoms with van der Waals surface area (Å²) in [7, 11) is 0. The molecule has 10 heteroatoms. The number of nitrogens with two attached hydrogens (primary N) is 1. The maximum atomic E-state index is 11.9. The summed E-state index contributed by atoms with van der Waals surface area (Å²) >= 11 is 0. The van der Waals surface area contributed by atoms with Crippen molar-refractivity contribution in [1.29, 1.82) is 0 Å². The van der Waals surface area contributed by atoms with E-state index in [-0.39, 0.29) is 12.2 Å². The van der Waals surface area contributed by atoms with Crippen LogP contribution in [-0.2, 0) is 4.74 Å². The molecule has 10 nitrogen and oxygen atoms in total. The second kappa shape index (κ2) is 6.12. The van der Waals surface area contributed by atoms with Crippen LogP contribution in [0.4, 0.5) is 10.6 Å². The van der Waals surface area contributed by atoms with Crippen LogP contribution in [-0.4, -0.2) is 59.7 Å². The predicted molar refractivity (Wildman–Crippen MR) is 88.6 cm³/mol. The van der Waals surface area contributed by atoms with Crippen LogP contribution < -0.4 is 11.1 Å². The number of aliphatic hydroxyl groups excluding tert-OH is 2. The molecule has 136 valence electrons. The Morgan fingerprint density at radius 2 is 2.08 bits per heavy atom. The van der Waals surface area contributed by atoms with Crippen molar-refractivity contribution < 1.29 is 19.7 Å².